The maximum Gasteiger partial charge on any atom is 0.119 e. The molecule has 118 valence electrons. The third-order valence-electron chi connectivity index (χ3n) is 4.87. The van der Waals surface area contributed by atoms with E-state index >= 15 is 0 Å². The summed E-state index contributed by atoms with van der Waals surface area (Å²) in [5.74, 6) is 0.839. The maximum absolute atomic E-state index is 11.0. The maximum atomic E-state index is 11.0. The zero-order valence-corrected chi connectivity index (χ0v) is 13.6. The van der Waals surface area contributed by atoms with E-state index in [-0.39, 0.29) is 5.54 Å². The van der Waals surface area contributed by atoms with Gasteiger partial charge < -0.3 is 9.84 Å². The van der Waals surface area contributed by atoms with Crippen LogP contribution in [0.2, 0.25) is 0 Å². The van der Waals surface area contributed by atoms with Gasteiger partial charge in [-0.3, -0.25) is 4.90 Å². The molecule has 0 bridgehead atoms. The van der Waals surface area contributed by atoms with E-state index in [1.165, 1.54) is 19.3 Å². The van der Waals surface area contributed by atoms with Crippen LogP contribution in [0.5, 0.6) is 5.75 Å². The molecular formula is C18H29NO2. The van der Waals surface area contributed by atoms with Crippen molar-refractivity contribution in [2.24, 2.45) is 0 Å². The Morgan fingerprint density at radius 1 is 1.24 bits per heavy atom. The van der Waals surface area contributed by atoms with Crippen LogP contribution in [0, 0.1) is 0 Å². The summed E-state index contributed by atoms with van der Waals surface area (Å²) in [5, 5.41) is 11.0. The molecule has 0 radical (unpaired) electrons. The number of aliphatic hydroxyl groups excluding tert-OH is 1. The first-order chi connectivity index (χ1) is 10.1. The second-order valence-corrected chi connectivity index (χ2v) is 6.17. The summed E-state index contributed by atoms with van der Waals surface area (Å²) in [6.07, 6.45) is 4.24. The predicted octanol–water partition coefficient (Wildman–Crippen LogP) is 3.77. The van der Waals surface area contributed by atoms with E-state index < -0.39 is 6.10 Å². The number of benzene rings is 1. The van der Waals surface area contributed by atoms with E-state index in [9.17, 15) is 5.11 Å². The van der Waals surface area contributed by atoms with Gasteiger partial charge in [-0.2, -0.15) is 0 Å². The molecule has 1 aliphatic heterocycles. The molecule has 2 atom stereocenters. The number of nitrogens with zero attached hydrogens (tertiary/aromatic N) is 1. The van der Waals surface area contributed by atoms with Gasteiger partial charge in [0, 0.05) is 5.54 Å². The molecule has 21 heavy (non-hydrogen) atoms. The molecule has 1 heterocycles. The van der Waals surface area contributed by atoms with Crippen LogP contribution < -0.4 is 4.74 Å². The van der Waals surface area contributed by atoms with Gasteiger partial charge in [0.05, 0.1) is 12.7 Å². The van der Waals surface area contributed by atoms with E-state index in [2.05, 4.69) is 18.7 Å². The van der Waals surface area contributed by atoms with E-state index in [0.717, 1.165) is 30.8 Å². The first-order valence-electron chi connectivity index (χ1n) is 8.27. The van der Waals surface area contributed by atoms with E-state index in [4.69, 9.17) is 4.74 Å². The molecule has 1 aromatic rings. The second-order valence-electron chi connectivity index (χ2n) is 6.17. The van der Waals surface area contributed by atoms with Crippen molar-refractivity contribution in [3.63, 3.8) is 0 Å². The Balaban J connectivity index is 2.21. The molecule has 1 aromatic carbocycles. The lowest BCUT2D eigenvalue weighted by atomic mass is 9.84. The number of hydrogen-bond donors (Lipinski definition) is 1. The molecule has 1 fully saturated rings. The summed E-state index contributed by atoms with van der Waals surface area (Å²) < 4.78 is 5.56. The van der Waals surface area contributed by atoms with Gasteiger partial charge >= 0.3 is 0 Å². The lowest BCUT2D eigenvalue weighted by Crippen LogP contribution is -2.52. The highest BCUT2D eigenvalue weighted by molar-refractivity contribution is 5.31. The van der Waals surface area contributed by atoms with Crippen molar-refractivity contribution in [1.82, 2.24) is 4.90 Å². The van der Waals surface area contributed by atoms with Gasteiger partial charge in [-0.1, -0.05) is 25.5 Å². The first-order valence-corrected chi connectivity index (χ1v) is 8.27. The highest BCUT2D eigenvalue weighted by Crippen LogP contribution is 2.36. The Labute approximate surface area is 128 Å². The van der Waals surface area contributed by atoms with Crippen molar-refractivity contribution in [3.05, 3.63) is 29.8 Å². The molecular weight excluding hydrogens is 262 g/mol. The minimum atomic E-state index is -0.485. The Morgan fingerprint density at radius 3 is 2.57 bits per heavy atom. The molecule has 0 aromatic heterocycles. The summed E-state index contributed by atoms with van der Waals surface area (Å²) in [5.41, 5.74) is 0.751. The van der Waals surface area contributed by atoms with Crippen LogP contribution in [0.15, 0.2) is 24.3 Å². The van der Waals surface area contributed by atoms with Gasteiger partial charge in [-0.15, -0.1) is 0 Å². The average Bonchev–Trinajstić information content (AvgIpc) is 2.55. The zero-order chi connectivity index (χ0) is 15.3. The monoisotopic (exact) mass is 291 g/mol. The van der Waals surface area contributed by atoms with E-state index in [1.54, 1.807) is 0 Å². The van der Waals surface area contributed by atoms with Crippen molar-refractivity contribution in [2.75, 3.05) is 19.7 Å². The van der Waals surface area contributed by atoms with Crippen LogP contribution in [0.25, 0.3) is 0 Å². The minimum Gasteiger partial charge on any atom is -0.494 e. The fourth-order valence-electron chi connectivity index (χ4n) is 3.29. The van der Waals surface area contributed by atoms with Gasteiger partial charge in [-0.05, 0) is 63.9 Å². The molecule has 1 saturated heterocycles. The molecule has 0 amide bonds. The van der Waals surface area contributed by atoms with Gasteiger partial charge in [-0.25, -0.2) is 0 Å². The van der Waals surface area contributed by atoms with E-state index in [0.29, 0.717) is 6.61 Å². The second kappa shape index (κ2) is 7.28. The number of ether oxygens (including phenoxy) is 1. The van der Waals surface area contributed by atoms with Gasteiger partial charge in [0.25, 0.3) is 0 Å². The molecule has 0 saturated carbocycles. The largest absolute Gasteiger partial charge is 0.494 e. The Hall–Kier alpha value is -1.06. The van der Waals surface area contributed by atoms with Crippen molar-refractivity contribution in [2.45, 2.75) is 58.1 Å². The summed E-state index contributed by atoms with van der Waals surface area (Å²) in [6.45, 7) is 9.17. The zero-order valence-electron chi connectivity index (χ0n) is 13.6. The summed E-state index contributed by atoms with van der Waals surface area (Å²) >= 11 is 0. The fraction of sp³-hybridized carbons (Fsp3) is 0.667. The lowest BCUT2D eigenvalue weighted by molar-refractivity contribution is -0.0353. The smallest absolute Gasteiger partial charge is 0.119 e. The third kappa shape index (κ3) is 3.58. The molecule has 3 heteroatoms. The van der Waals surface area contributed by atoms with Crippen LogP contribution in [0.3, 0.4) is 0 Å². The van der Waals surface area contributed by atoms with Crippen LogP contribution >= 0.6 is 0 Å². The fourth-order valence-corrected chi connectivity index (χ4v) is 3.29. The lowest BCUT2D eigenvalue weighted by Gasteiger charge is -2.46. The Kier molecular flexibility index (Phi) is 5.65. The molecule has 2 unspecified atom stereocenters. The van der Waals surface area contributed by atoms with Gasteiger partial charge in [0.1, 0.15) is 5.75 Å². The average molecular weight is 291 g/mol. The number of hydrogen-bond acceptors (Lipinski definition) is 3. The summed E-state index contributed by atoms with van der Waals surface area (Å²) in [4.78, 5) is 2.47. The van der Waals surface area contributed by atoms with Crippen LogP contribution in [-0.4, -0.2) is 35.2 Å². The third-order valence-corrected chi connectivity index (χ3v) is 4.87. The quantitative estimate of drug-likeness (QED) is 0.866. The van der Waals surface area contributed by atoms with Crippen LogP contribution in [0.4, 0.5) is 0 Å². The van der Waals surface area contributed by atoms with Crippen molar-refractivity contribution >= 4 is 0 Å². The Bertz CT molecular complexity index is 443. The predicted molar refractivity (Wildman–Crippen MR) is 86.7 cm³/mol. The molecule has 2 rings (SSSR count). The number of likely N-dealkylation sites (tertiary alicyclic amines) is 1. The molecule has 1 aliphatic rings. The van der Waals surface area contributed by atoms with Crippen LogP contribution in [0.1, 0.15) is 58.1 Å². The molecule has 3 nitrogen and oxygen atoms in total. The molecule has 0 spiro atoms. The van der Waals surface area contributed by atoms with Crippen LogP contribution in [-0.2, 0) is 0 Å². The minimum absolute atomic E-state index is 0.203. The highest BCUT2D eigenvalue weighted by atomic mass is 16.5. The van der Waals surface area contributed by atoms with Gasteiger partial charge in [0.15, 0.2) is 0 Å². The van der Waals surface area contributed by atoms with Gasteiger partial charge in [0.2, 0.25) is 0 Å². The number of piperidine rings is 1. The highest BCUT2D eigenvalue weighted by Gasteiger charge is 2.38. The Morgan fingerprint density at radius 2 is 1.95 bits per heavy atom. The molecule has 0 aliphatic carbocycles. The molecule has 1 N–H and O–H groups in total. The van der Waals surface area contributed by atoms with E-state index in [1.807, 2.05) is 31.2 Å². The standard InChI is InChI=1S/C18H29NO2/c1-4-18(3,19-12-7-6-8-13-19)17(20)15-10-9-11-16(14-15)21-5-2/h9-11,14,17,20H,4-8,12-13H2,1-3H3. The normalized spacial score (nSPS) is 20.8. The summed E-state index contributed by atoms with van der Waals surface area (Å²) in [7, 11) is 0. The SMILES string of the molecule is CCOc1cccc(C(O)C(C)(CC)N2CCCCC2)c1. The summed E-state index contributed by atoms with van der Waals surface area (Å²) in [6, 6.07) is 7.90. The van der Waals surface area contributed by atoms with Crippen molar-refractivity contribution in [3.8, 4) is 5.75 Å². The number of rotatable bonds is 6. The topological polar surface area (TPSA) is 32.7 Å². The van der Waals surface area contributed by atoms with Crippen molar-refractivity contribution in [1.29, 1.82) is 0 Å². The van der Waals surface area contributed by atoms with Crippen molar-refractivity contribution < 1.29 is 9.84 Å². The number of aliphatic hydroxyl groups is 1. The first kappa shape index (κ1) is 16.3.